The molecule has 69 valence electrons. The van der Waals surface area contributed by atoms with E-state index in [-0.39, 0.29) is 25.8 Å². The molecule has 0 N–H and O–H groups in total. The van der Waals surface area contributed by atoms with Crippen molar-refractivity contribution in [3.63, 3.8) is 0 Å². The van der Waals surface area contributed by atoms with Gasteiger partial charge in [0, 0.05) is 34.6 Å². The summed E-state index contributed by atoms with van der Waals surface area (Å²) in [5.41, 5.74) is 2.83. The van der Waals surface area contributed by atoms with Gasteiger partial charge in [-0.15, -0.1) is 0 Å². The molecule has 0 saturated heterocycles. The number of fused-ring (bicyclic) bond motifs is 1. The zero-order valence-electron chi connectivity index (χ0n) is 8.66. The van der Waals surface area contributed by atoms with Gasteiger partial charge in [-0.25, -0.2) is 0 Å². The Bertz CT molecular complexity index is 230. The van der Waals surface area contributed by atoms with Crippen molar-refractivity contribution in [2.75, 3.05) is 0 Å². The molecule has 2 rings (SSSR count). The first-order valence-electron chi connectivity index (χ1n) is 5.15. The van der Waals surface area contributed by atoms with Crippen LogP contribution in [0, 0.1) is 5.92 Å². The third-order valence-electron chi connectivity index (χ3n) is 3.38. The van der Waals surface area contributed by atoms with Gasteiger partial charge in [-0.1, -0.05) is 36.9 Å². The topological polar surface area (TPSA) is 0 Å². The molecule has 0 bridgehead atoms. The SMILES string of the molecule is C[SiH](C)C1CCC2CC=CC=C21.[Sc]. The van der Waals surface area contributed by atoms with E-state index >= 15 is 0 Å². The fourth-order valence-electron chi connectivity index (χ4n) is 2.67. The van der Waals surface area contributed by atoms with Crippen LogP contribution < -0.4 is 0 Å². The molecule has 2 heteroatoms. The molecule has 0 amide bonds. The molecule has 2 aliphatic carbocycles. The van der Waals surface area contributed by atoms with Crippen molar-refractivity contribution in [2.45, 2.75) is 37.9 Å². The van der Waals surface area contributed by atoms with Gasteiger partial charge < -0.3 is 0 Å². The molecule has 0 aromatic heterocycles. The van der Waals surface area contributed by atoms with E-state index in [1.165, 1.54) is 19.3 Å². The van der Waals surface area contributed by atoms with Gasteiger partial charge in [-0.3, -0.25) is 0 Å². The number of allylic oxidation sites excluding steroid dienone is 4. The average molecular weight is 223 g/mol. The molecular weight excluding hydrogens is 205 g/mol. The fourth-order valence-corrected chi connectivity index (χ4v) is 4.68. The number of rotatable bonds is 1. The summed E-state index contributed by atoms with van der Waals surface area (Å²) in [5, 5.41) is 0. The van der Waals surface area contributed by atoms with E-state index in [0.717, 1.165) is 11.5 Å². The molecule has 0 aromatic rings. The first-order chi connectivity index (χ1) is 5.79. The van der Waals surface area contributed by atoms with Crippen LogP contribution in [0.1, 0.15) is 19.3 Å². The molecule has 0 nitrogen and oxygen atoms in total. The molecule has 1 fully saturated rings. The van der Waals surface area contributed by atoms with Crippen LogP contribution in [0.25, 0.3) is 0 Å². The Morgan fingerprint density at radius 2 is 2.08 bits per heavy atom. The van der Waals surface area contributed by atoms with Crippen LogP contribution >= 0.6 is 0 Å². The van der Waals surface area contributed by atoms with E-state index < -0.39 is 8.80 Å². The van der Waals surface area contributed by atoms with Gasteiger partial charge in [0.05, 0.1) is 0 Å². The Hall–Kier alpha value is 0.567. The minimum Gasteiger partial charge on any atom is -0.0839 e. The largest absolute Gasteiger partial charge is 0.0839 e. The smallest absolute Gasteiger partial charge is 0.0384 e. The quantitative estimate of drug-likeness (QED) is 0.599. The third-order valence-corrected chi connectivity index (χ3v) is 5.70. The summed E-state index contributed by atoms with van der Waals surface area (Å²) in [6, 6.07) is 0. The normalized spacial score (nSPS) is 31.2. The number of hydrogen-bond acceptors (Lipinski definition) is 0. The van der Waals surface area contributed by atoms with Crippen LogP contribution in [0.5, 0.6) is 0 Å². The van der Waals surface area contributed by atoms with E-state index in [1.54, 1.807) is 5.57 Å². The van der Waals surface area contributed by atoms with Crippen LogP contribution in [0.15, 0.2) is 23.8 Å². The Labute approximate surface area is 102 Å². The Balaban J connectivity index is 0.000000845. The molecule has 1 saturated carbocycles. The summed E-state index contributed by atoms with van der Waals surface area (Å²) in [5.74, 6) is 0.940. The number of hydrogen-bond donors (Lipinski definition) is 0. The first kappa shape index (κ1) is 11.6. The second-order valence-electron chi connectivity index (χ2n) is 4.46. The monoisotopic (exact) mass is 223 g/mol. The van der Waals surface area contributed by atoms with Crippen molar-refractivity contribution in [1.82, 2.24) is 0 Å². The third kappa shape index (κ3) is 2.33. The molecular formula is C11H18ScSi. The summed E-state index contributed by atoms with van der Waals surface area (Å²) >= 11 is 0. The Morgan fingerprint density at radius 1 is 1.31 bits per heavy atom. The second-order valence-corrected chi connectivity index (χ2v) is 7.75. The zero-order chi connectivity index (χ0) is 8.55. The fraction of sp³-hybridized carbons (Fsp3) is 0.636. The predicted molar refractivity (Wildman–Crippen MR) is 57.2 cm³/mol. The van der Waals surface area contributed by atoms with E-state index in [4.69, 9.17) is 0 Å². The van der Waals surface area contributed by atoms with Gasteiger partial charge in [0.15, 0.2) is 0 Å². The van der Waals surface area contributed by atoms with Gasteiger partial charge in [-0.2, -0.15) is 0 Å². The molecule has 2 atom stereocenters. The van der Waals surface area contributed by atoms with Gasteiger partial charge >= 0.3 is 0 Å². The standard InChI is InChI=1S/C11H18Si.Sc/c1-12(2)11-8-7-9-5-3-4-6-10(9)11;/h3-4,6,9,11-12H,5,7-8H2,1-2H3;. The molecule has 0 heterocycles. The van der Waals surface area contributed by atoms with E-state index in [0.29, 0.717) is 0 Å². The minimum atomic E-state index is -0.419. The van der Waals surface area contributed by atoms with Crippen LogP contribution in [0.3, 0.4) is 0 Å². The molecule has 2 aliphatic rings. The van der Waals surface area contributed by atoms with Crippen LogP contribution in [0.2, 0.25) is 18.6 Å². The molecule has 0 spiro atoms. The molecule has 2 unspecified atom stereocenters. The van der Waals surface area contributed by atoms with Gasteiger partial charge in [0.1, 0.15) is 0 Å². The van der Waals surface area contributed by atoms with E-state index in [2.05, 4.69) is 31.3 Å². The maximum absolute atomic E-state index is 2.49. The molecule has 13 heavy (non-hydrogen) atoms. The average Bonchev–Trinajstić information content (AvgIpc) is 2.47. The summed E-state index contributed by atoms with van der Waals surface area (Å²) in [4.78, 5) is 0. The predicted octanol–water partition coefficient (Wildman–Crippen LogP) is 3.14. The van der Waals surface area contributed by atoms with Crippen molar-refractivity contribution in [1.29, 1.82) is 0 Å². The van der Waals surface area contributed by atoms with Crippen molar-refractivity contribution in [2.24, 2.45) is 5.92 Å². The molecule has 0 aromatic carbocycles. The maximum atomic E-state index is 2.49. The van der Waals surface area contributed by atoms with Gasteiger partial charge in [0.2, 0.25) is 0 Å². The zero-order valence-corrected chi connectivity index (χ0v) is 11.6. The van der Waals surface area contributed by atoms with Gasteiger partial charge in [0.25, 0.3) is 0 Å². The molecule has 1 radical (unpaired) electrons. The van der Waals surface area contributed by atoms with E-state index in [9.17, 15) is 0 Å². The summed E-state index contributed by atoms with van der Waals surface area (Å²) in [6.07, 6.45) is 11.3. The van der Waals surface area contributed by atoms with Crippen LogP contribution in [-0.2, 0) is 25.8 Å². The van der Waals surface area contributed by atoms with E-state index in [1.807, 2.05) is 0 Å². The minimum absolute atomic E-state index is 0. The Kier molecular flexibility index (Phi) is 4.37. The summed E-state index contributed by atoms with van der Waals surface area (Å²) < 4.78 is 0. The maximum Gasteiger partial charge on any atom is 0.0384 e. The van der Waals surface area contributed by atoms with Crippen molar-refractivity contribution >= 4 is 8.80 Å². The summed E-state index contributed by atoms with van der Waals surface area (Å²) in [7, 11) is -0.419. The first-order valence-corrected chi connectivity index (χ1v) is 8.13. The Morgan fingerprint density at radius 3 is 2.77 bits per heavy atom. The van der Waals surface area contributed by atoms with Crippen molar-refractivity contribution in [3.05, 3.63) is 23.8 Å². The molecule has 0 aliphatic heterocycles. The van der Waals surface area contributed by atoms with Crippen LogP contribution in [0.4, 0.5) is 0 Å². The van der Waals surface area contributed by atoms with Crippen molar-refractivity contribution < 1.29 is 25.8 Å². The summed E-state index contributed by atoms with van der Waals surface area (Å²) in [6.45, 7) is 4.98. The van der Waals surface area contributed by atoms with Crippen LogP contribution in [-0.4, -0.2) is 8.80 Å². The van der Waals surface area contributed by atoms with Gasteiger partial charge in [-0.05, 0) is 30.7 Å². The van der Waals surface area contributed by atoms with Crippen molar-refractivity contribution in [3.8, 4) is 0 Å². The second kappa shape index (κ2) is 4.88.